The molecular weight excluding hydrogens is 236 g/mol. The second kappa shape index (κ2) is 6.42. The average Bonchev–Trinajstić information content (AvgIpc) is 2.40. The largest absolute Gasteiger partial charge is 0.363 e. The topological polar surface area (TPSA) is 74.5 Å². The van der Waals surface area contributed by atoms with Crippen molar-refractivity contribution in [2.75, 3.05) is 13.2 Å². The lowest BCUT2D eigenvalue weighted by Gasteiger charge is -2.22. The number of nitro groups is 1. The molecule has 0 amide bonds. The summed E-state index contributed by atoms with van der Waals surface area (Å²) in [5.41, 5.74) is 0.927. The molecule has 0 radical (unpaired) electrons. The number of rotatable bonds is 5. The van der Waals surface area contributed by atoms with E-state index in [-0.39, 0.29) is 12.1 Å². The molecule has 0 spiro atoms. The second-order valence-electron chi connectivity index (χ2n) is 4.20. The third-order valence-corrected chi connectivity index (χ3v) is 2.83. The van der Waals surface area contributed by atoms with Crippen molar-refractivity contribution < 1.29 is 14.4 Å². The molecule has 1 aliphatic heterocycles. The zero-order valence-corrected chi connectivity index (χ0v) is 10.1. The lowest BCUT2D eigenvalue weighted by Crippen LogP contribution is -2.23. The van der Waals surface area contributed by atoms with Gasteiger partial charge in [0, 0.05) is 12.7 Å². The summed E-state index contributed by atoms with van der Waals surface area (Å²) in [7, 11) is 0. The van der Waals surface area contributed by atoms with Crippen LogP contribution in [0.3, 0.4) is 0 Å². The van der Waals surface area contributed by atoms with Crippen LogP contribution < -0.4 is 0 Å². The van der Waals surface area contributed by atoms with Crippen LogP contribution in [0.1, 0.15) is 24.8 Å². The van der Waals surface area contributed by atoms with E-state index < -0.39 is 4.92 Å². The summed E-state index contributed by atoms with van der Waals surface area (Å²) in [6, 6.07) is 3.11. The Morgan fingerprint density at radius 2 is 2.39 bits per heavy atom. The summed E-state index contributed by atoms with van der Waals surface area (Å²) < 4.78 is 11.0. The van der Waals surface area contributed by atoms with E-state index in [0.29, 0.717) is 13.0 Å². The average molecular weight is 252 g/mol. The first kappa shape index (κ1) is 12.9. The summed E-state index contributed by atoms with van der Waals surface area (Å²) in [5.74, 6) is -0.129. The summed E-state index contributed by atoms with van der Waals surface area (Å²) in [5, 5.41) is 10.4. The zero-order chi connectivity index (χ0) is 12.8. The van der Waals surface area contributed by atoms with E-state index in [9.17, 15) is 10.1 Å². The number of pyridine rings is 1. The molecule has 1 aromatic heterocycles. The van der Waals surface area contributed by atoms with E-state index >= 15 is 0 Å². The molecule has 1 aromatic rings. The molecule has 2 rings (SSSR count). The van der Waals surface area contributed by atoms with Gasteiger partial charge in [0.1, 0.15) is 6.20 Å². The predicted molar refractivity (Wildman–Crippen MR) is 64.1 cm³/mol. The molecule has 0 aliphatic carbocycles. The van der Waals surface area contributed by atoms with Gasteiger partial charge in [-0.05, 0) is 47.2 Å². The van der Waals surface area contributed by atoms with E-state index in [0.717, 1.165) is 31.4 Å². The first-order valence-corrected chi connectivity index (χ1v) is 6.08. The fourth-order valence-corrected chi connectivity index (χ4v) is 1.82. The second-order valence-corrected chi connectivity index (χ2v) is 4.20. The highest BCUT2D eigenvalue weighted by Crippen LogP contribution is 2.14. The summed E-state index contributed by atoms with van der Waals surface area (Å²) in [6.45, 7) is 1.31. The molecule has 0 N–H and O–H groups in total. The molecule has 0 aromatic carbocycles. The van der Waals surface area contributed by atoms with Crippen molar-refractivity contribution in [2.24, 2.45) is 0 Å². The van der Waals surface area contributed by atoms with Gasteiger partial charge < -0.3 is 19.6 Å². The van der Waals surface area contributed by atoms with Gasteiger partial charge in [0.25, 0.3) is 0 Å². The van der Waals surface area contributed by atoms with Crippen LogP contribution in [0, 0.1) is 10.1 Å². The van der Waals surface area contributed by atoms with Gasteiger partial charge in [-0.2, -0.15) is 0 Å². The Balaban J connectivity index is 1.74. The minimum Gasteiger partial charge on any atom is -0.358 e. The lowest BCUT2D eigenvalue weighted by atomic mass is 10.2. The van der Waals surface area contributed by atoms with E-state index in [4.69, 9.17) is 9.47 Å². The number of hydrogen-bond donors (Lipinski definition) is 0. The maximum atomic E-state index is 10.4. The number of aromatic nitrogens is 1. The van der Waals surface area contributed by atoms with Crippen LogP contribution in [-0.4, -0.2) is 29.4 Å². The fourth-order valence-electron chi connectivity index (χ4n) is 1.82. The van der Waals surface area contributed by atoms with Gasteiger partial charge in [0.2, 0.25) is 0 Å². The Kier molecular flexibility index (Phi) is 4.60. The van der Waals surface area contributed by atoms with E-state index in [1.165, 1.54) is 12.3 Å². The van der Waals surface area contributed by atoms with Crippen LogP contribution in [0.25, 0.3) is 0 Å². The molecule has 1 aliphatic rings. The van der Waals surface area contributed by atoms with Crippen molar-refractivity contribution >= 4 is 5.82 Å². The third kappa shape index (κ3) is 3.75. The van der Waals surface area contributed by atoms with Crippen LogP contribution in [0.2, 0.25) is 0 Å². The number of ether oxygens (including phenoxy) is 2. The molecule has 1 saturated heterocycles. The van der Waals surface area contributed by atoms with Gasteiger partial charge in [0.05, 0.1) is 6.61 Å². The molecule has 1 fully saturated rings. The zero-order valence-electron chi connectivity index (χ0n) is 10.1. The highest BCUT2D eigenvalue weighted by atomic mass is 16.7. The number of hydrogen-bond acceptors (Lipinski definition) is 5. The Morgan fingerprint density at radius 3 is 3.00 bits per heavy atom. The highest BCUT2D eigenvalue weighted by molar-refractivity contribution is 5.22. The first-order valence-electron chi connectivity index (χ1n) is 6.08. The highest BCUT2D eigenvalue weighted by Gasteiger charge is 2.14. The first-order chi connectivity index (χ1) is 8.75. The van der Waals surface area contributed by atoms with Crippen LogP contribution >= 0.6 is 0 Å². The quantitative estimate of drug-likeness (QED) is 0.592. The normalized spacial score (nSPS) is 19.7. The van der Waals surface area contributed by atoms with Crippen molar-refractivity contribution in [3.8, 4) is 0 Å². The van der Waals surface area contributed by atoms with Crippen LogP contribution in [0.15, 0.2) is 18.3 Å². The Labute approximate surface area is 105 Å². The van der Waals surface area contributed by atoms with Crippen molar-refractivity contribution in [3.63, 3.8) is 0 Å². The van der Waals surface area contributed by atoms with Gasteiger partial charge in [-0.3, -0.25) is 0 Å². The monoisotopic (exact) mass is 252 g/mol. The van der Waals surface area contributed by atoms with Gasteiger partial charge >= 0.3 is 5.82 Å². The minimum absolute atomic E-state index is 0.0928. The van der Waals surface area contributed by atoms with Gasteiger partial charge in [-0.1, -0.05) is 0 Å². The standard InChI is InChI=1S/C12H16N2O4/c15-14(16)11-5-4-10(9-13-11)6-8-18-12-3-1-2-7-17-12/h4-5,9,12H,1-3,6-8H2. The van der Waals surface area contributed by atoms with Crippen LogP contribution in [0.5, 0.6) is 0 Å². The molecule has 18 heavy (non-hydrogen) atoms. The molecule has 0 saturated carbocycles. The summed E-state index contributed by atoms with van der Waals surface area (Å²) >= 11 is 0. The Bertz CT molecular complexity index is 388. The van der Waals surface area contributed by atoms with Gasteiger partial charge in [-0.15, -0.1) is 0 Å². The minimum atomic E-state index is -0.504. The van der Waals surface area contributed by atoms with Crippen molar-refractivity contribution in [1.82, 2.24) is 4.98 Å². The third-order valence-electron chi connectivity index (χ3n) is 2.83. The predicted octanol–water partition coefficient (Wildman–Crippen LogP) is 2.08. The van der Waals surface area contributed by atoms with Gasteiger partial charge in [0.15, 0.2) is 6.29 Å². The molecule has 0 bridgehead atoms. The Morgan fingerprint density at radius 1 is 1.50 bits per heavy atom. The molecule has 2 heterocycles. The van der Waals surface area contributed by atoms with Crippen molar-refractivity contribution in [1.29, 1.82) is 0 Å². The van der Waals surface area contributed by atoms with Crippen molar-refractivity contribution in [3.05, 3.63) is 34.0 Å². The molecule has 6 nitrogen and oxygen atoms in total. The summed E-state index contributed by atoms with van der Waals surface area (Å²) in [4.78, 5) is 13.7. The molecule has 1 atom stereocenters. The molecule has 98 valence electrons. The van der Waals surface area contributed by atoms with Crippen molar-refractivity contribution in [2.45, 2.75) is 32.0 Å². The van der Waals surface area contributed by atoms with Crippen LogP contribution in [0.4, 0.5) is 5.82 Å². The molecule has 1 unspecified atom stereocenters. The van der Waals surface area contributed by atoms with E-state index in [1.807, 2.05) is 0 Å². The van der Waals surface area contributed by atoms with E-state index in [1.54, 1.807) is 6.07 Å². The molecule has 6 heteroatoms. The SMILES string of the molecule is O=[N+]([O-])c1ccc(CCOC2CCCCO2)cn1. The van der Waals surface area contributed by atoms with Gasteiger partial charge in [-0.25, -0.2) is 0 Å². The fraction of sp³-hybridized carbons (Fsp3) is 0.583. The maximum absolute atomic E-state index is 10.4. The smallest absolute Gasteiger partial charge is 0.358 e. The van der Waals surface area contributed by atoms with E-state index in [2.05, 4.69) is 4.98 Å². The van der Waals surface area contributed by atoms with Crippen LogP contribution in [-0.2, 0) is 15.9 Å². The maximum Gasteiger partial charge on any atom is 0.363 e. The number of nitrogens with zero attached hydrogens (tertiary/aromatic N) is 2. The lowest BCUT2D eigenvalue weighted by molar-refractivity contribution is -0.389. The molecular formula is C12H16N2O4. The summed E-state index contributed by atoms with van der Waals surface area (Å²) in [6.07, 6.45) is 5.30. The Hall–Kier alpha value is -1.53.